The number of carboxylic acids is 1. The number of nitrogens with zero attached hydrogens (tertiary/aromatic N) is 2. The number of amides is 2. The molecule has 4 aliphatic heterocycles. The van der Waals surface area contributed by atoms with Gasteiger partial charge in [-0.25, -0.2) is 4.79 Å². The summed E-state index contributed by atoms with van der Waals surface area (Å²) in [5.41, 5.74) is 0.0592. The van der Waals surface area contributed by atoms with E-state index in [-0.39, 0.29) is 46.7 Å². The van der Waals surface area contributed by atoms with Gasteiger partial charge >= 0.3 is 5.97 Å². The van der Waals surface area contributed by atoms with Crippen LogP contribution in [0.15, 0.2) is 10.6 Å². The lowest BCUT2D eigenvalue weighted by molar-refractivity contribution is -0.163. The number of nitrogens with one attached hydrogen (secondary N) is 2. The monoisotopic (exact) mass is 496 g/mol. The Hall–Kier alpha value is -1.66. The molecule has 0 aromatic carbocycles. The van der Waals surface area contributed by atoms with E-state index >= 15 is 0 Å². The highest BCUT2D eigenvalue weighted by atomic mass is 32.2. The van der Waals surface area contributed by atoms with Crippen molar-refractivity contribution >= 4 is 29.5 Å². The number of thioether (sulfide) groups is 1. The fourth-order valence-corrected chi connectivity index (χ4v) is 7.30. The van der Waals surface area contributed by atoms with Gasteiger partial charge in [0.1, 0.15) is 5.70 Å². The zero-order chi connectivity index (χ0) is 24.6. The Balaban J connectivity index is 1.46. The molecule has 4 aliphatic rings. The van der Waals surface area contributed by atoms with Crippen LogP contribution in [0.1, 0.15) is 26.7 Å². The maximum Gasteiger partial charge on any atom is 0.353 e. The Morgan fingerprint density at radius 2 is 2.03 bits per heavy atom. The number of fused-ring (bicyclic) bond motifs is 1. The molecule has 11 heteroatoms. The van der Waals surface area contributed by atoms with Gasteiger partial charge in [-0.05, 0) is 33.4 Å². The highest BCUT2D eigenvalue weighted by Gasteiger charge is 2.60. The molecule has 3 fully saturated rings. The van der Waals surface area contributed by atoms with Crippen LogP contribution in [0.5, 0.6) is 0 Å². The van der Waals surface area contributed by atoms with Gasteiger partial charge in [-0.15, -0.1) is 11.8 Å². The Morgan fingerprint density at radius 3 is 2.65 bits per heavy atom. The van der Waals surface area contributed by atoms with Gasteiger partial charge in [0.15, 0.2) is 0 Å². The van der Waals surface area contributed by atoms with E-state index in [1.165, 1.54) is 16.7 Å². The van der Waals surface area contributed by atoms with Crippen molar-refractivity contribution in [1.29, 1.82) is 0 Å². The van der Waals surface area contributed by atoms with E-state index in [9.17, 15) is 24.6 Å². The summed E-state index contributed by atoms with van der Waals surface area (Å²) in [5.74, 6) is -2.14. The van der Waals surface area contributed by atoms with E-state index < -0.39 is 18.0 Å². The number of β-lactam (4-membered cyclic amide) rings is 1. The molecule has 34 heavy (non-hydrogen) atoms. The Kier molecular flexibility index (Phi) is 7.88. The number of hydrogen-bond acceptors (Lipinski definition) is 8. The average molecular weight is 497 g/mol. The number of carbonyl (C=O) groups excluding carboxylic acids is 2. The summed E-state index contributed by atoms with van der Waals surface area (Å²) in [6, 6.07) is -0.298. The van der Waals surface area contributed by atoms with Crippen LogP contribution in [0.25, 0.3) is 0 Å². The smallest absolute Gasteiger partial charge is 0.353 e. The van der Waals surface area contributed by atoms with Crippen LogP contribution in [-0.4, -0.2) is 108 Å². The quantitative estimate of drug-likeness (QED) is 0.317. The Bertz CT molecular complexity index is 845. The summed E-state index contributed by atoms with van der Waals surface area (Å²) in [5, 5.41) is 26.7. The summed E-state index contributed by atoms with van der Waals surface area (Å²) in [7, 11) is 1.88. The van der Waals surface area contributed by atoms with E-state index in [0.29, 0.717) is 37.8 Å². The van der Waals surface area contributed by atoms with Gasteiger partial charge in [0, 0.05) is 41.7 Å². The third-order valence-corrected chi connectivity index (χ3v) is 9.07. The molecule has 1 unspecified atom stereocenters. The number of ether oxygens (including phenoxy) is 1. The maximum atomic E-state index is 13.3. The van der Waals surface area contributed by atoms with Crippen LogP contribution in [0.2, 0.25) is 0 Å². The molecule has 190 valence electrons. The molecule has 3 saturated heterocycles. The summed E-state index contributed by atoms with van der Waals surface area (Å²) in [6.45, 7) is 7.29. The Morgan fingerprint density at radius 1 is 1.32 bits per heavy atom. The minimum Gasteiger partial charge on any atom is -0.477 e. The van der Waals surface area contributed by atoms with E-state index in [1.807, 2.05) is 18.9 Å². The van der Waals surface area contributed by atoms with Crippen molar-refractivity contribution in [2.45, 2.75) is 50.1 Å². The summed E-state index contributed by atoms with van der Waals surface area (Å²) >= 11 is 1.52. The average Bonchev–Trinajstić information content (AvgIpc) is 3.36. The fourth-order valence-electron chi connectivity index (χ4n) is 5.80. The number of hydrogen-bond donors (Lipinski definition) is 4. The molecule has 0 aromatic rings. The highest BCUT2D eigenvalue weighted by Crippen LogP contribution is 2.52. The molecule has 0 saturated carbocycles. The minimum absolute atomic E-state index is 0.00987. The molecule has 4 heterocycles. The number of morpholine rings is 1. The first-order chi connectivity index (χ1) is 16.3. The lowest BCUT2D eigenvalue weighted by Gasteiger charge is -2.46. The van der Waals surface area contributed by atoms with Crippen LogP contribution in [0.4, 0.5) is 0 Å². The van der Waals surface area contributed by atoms with E-state index in [4.69, 9.17) is 4.74 Å². The predicted octanol–water partition coefficient (Wildman–Crippen LogP) is -0.312. The number of aliphatic hydroxyl groups excluding tert-OH is 1. The van der Waals surface area contributed by atoms with Crippen LogP contribution >= 0.6 is 11.8 Å². The van der Waals surface area contributed by atoms with E-state index in [2.05, 4.69) is 10.6 Å². The SMILES string of the molecule is CNCCC(C(=O)N1CCOCC1)[C@@H]1C[C@H](SC2=C(C(=O)O)N3C(=O)[C@H]([C@@H](C)O)[C@H]3[C@H]2C)CN1. The summed E-state index contributed by atoms with van der Waals surface area (Å²) < 4.78 is 5.40. The van der Waals surface area contributed by atoms with Gasteiger partial charge in [0.05, 0.1) is 37.2 Å². The third kappa shape index (κ3) is 4.60. The number of aliphatic carboxylic acids is 1. The molecule has 0 spiro atoms. The molecule has 4 rings (SSSR count). The van der Waals surface area contributed by atoms with E-state index in [0.717, 1.165) is 19.4 Å². The molecular weight excluding hydrogens is 460 g/mol. The van der Waals surface area contributed by atoms with Crippen molar-refractivity contribution in [2.75, 3.05) is 46.4 Å². The van der Waals surface area contributed by atoms with E-state index in [1.54, 1.807) is 6.92 Å². The zero-order valence-electron chi connectivity index (χ0n) is 20.0. The van der Waals surface area contributed by atoms with Gasteiger partial charge < -0.3 is 35.4 Å². The lowest BCUT2D eigenvalue weighted by Crippen LogP contribution is -2.63. The minimum atomic E-state index is -1.11. The first-order valence-electron chi connectivity index (χ1n) is 12.2. The van der Waals surface area contributed by atoms with Crippen molar-refractivity contribution in [3.8, 4) is 0 Å². The first-order valence-corrected chi connectivity index (χ1v) is 13.0. The number of rotatable bonds is 9. The molecule has 7 atom stereocenters. The van der Waals surface area contributed by atoms with Crippen molar-refractivity contribution in [3.05, 3.63) is 10.6 Å². The fraction of sp³-hybridized carbons (Fsp3) is 0.783. The molecule has 0 bridgehead atoms. The number of carboxylic acid groups (broad SMARTS) is 1. The van der Waals surface area contributed by atoms with Gasteiger partial charge in [0.25, 0.3) is 0 Å². The van der Waals surface area contributed by atoms with Gasteiger partial charge in [-0.3, -0.25) is 9.59 Å². The topological polar surface area (TPSA) is 131 Å². The maximum absolute atomic E-state index is 13.3. The van der Waals surface area contributed by atoms with Crippen molar-refractivity contribution < 1.29 is 29.3 Å². The second-order valence-electron chi connectivity index (χ2n) is 9.70. The van der Waals surface area contributed by atoms with Crippen molar-refractivity contribution in [1.82, 2.24) is 20.4 Å². The Labute approximate surface area is 204 Å². The van der Waals surface area contributed by atoms with Crippen LogP contribution < -0.4 is 10.6 Å². The molecule has 0 aliphatic carbocycles. The normalized spacial score (nSPS) is 33.1. The van der Waals surface area contributed by atoms with Crippen LogP contribution in [0, 0.1) is 17.8 Å². The first kappa shape index (κ1) is 25.4. The second-order valence-corrected chi connectivity index (χ2v) is 11.0. The summed E-state index contributed by atoms with van der Waals surface area (Å²) in [4.78, 5) is 41.9. The number of carbonyl (C=O) groups is 3. The van der Waals surface area contributed by atoms with Crippen LogP contribution in [-0.2, 0) is 19.1 Å². The zero-order valence-corrected chi connectivity index (χ0v) is 20.8. The van der Waals surface area contributed by atoms with Gasteiger partial charge in [-0.2, -0.15) is 0 Å². The molecule has 0 aromatic heterocycles. The van der Waals surface area contributed by atoms with Crippen molar-refractivity contribution in [2.24, 2.45) is 17.8 Å². The van der Waals surface area contributed by atoms with Crippen LogP contribution in [0.3, 0.4) is 0 Å². The lowest BCUT2D eigenvalue weighted by atomic mass is 9.79. The predicted molar refractivity (Wildman–Crippen MR) is 127 cm³/mol. The van der Waals surface area contributed by atoms with Crippen molar-refractivity contribution in [3.63, 3.8) is 0 Å². The molecular formula is C23H36N4O6S. The molecule has 10 nitrogen and oxygen atoms in total. The third-order valence-electron chi connectivity index (χ3n) is 7.56. The van der Waals surface area contributed by atoms with Gasteiger partial charge in [-0.1, -0.05) is 6.92 Å². The molecule has 0 radical (unpaired) electrons. The second kappa shape index (κ2) is 10.5. The molecule has 2 amide bonds. The molecule has 4 N–H and O–H groups in total. The van der Waals surface area contributed by atoms with Gasteiger partial charge in [0.2, 0.25) is 11.8 Å². The largest absolute Gasteiger partial charge is 0.477 e. The standard InChI is InChI=1S/C23H36N4O6S/c1-12-18-17(13(2)28)22(30)27(18)19(23(31)32)20(12)34-14-10-16(25-11-14)15(4-5-24-3)21(29)26-6-8-33-9-7-26/h12-18,24-25,28H,4-11H2,1-3H3,(H,31,32)/t12-,13-,14+,15?,16+,17-,18-/m1/s1. The highest BCUT2D eigenvalue weighted by molar-refractivity contribution is 8.03. The number of aliphatic hydroxyl groups is 1. The summed E-state index contributed by atoms with van der Waals surface area (Å²) in [6.07, 6.45) is 0.658.